The van der Waals surface area contributed by atoms with Gasteiger partial charge in [-0.3, -0.25) is 0 Å². The number of aliphatic hydroxyl groups excluding tert-OH is 1. The number of hydrogen-bond acceptors (Lipinski definition) is 1. The van der Waals surface area contributed by atoms with Crippen LogP contribution in [0.2, 0.25) is 0 Å². The number of fused-ring (bicyclic) bond motifs is 4. The van der Waals surface area contributed by atoms with Crippen LogP contribution in [0.5, 0.6) is 0 Å². The lowest BCUT2D eigenvalue weighted by atomic mass is 9.46. The average molecular weight is 415 g/mol. The van der Waals surface area contributed by atoms with Crippen LogP contribution in [-0.4, -0.2) is 11.2 Å². The molecule has 0 aromatic rings. The molecule has 0 spiro atoms. The van der Waals surface area contributed by atoms with Crippen molar-refractivity contribution in [1.29, 1.82) is 0 Å². The second-order valence-electron chi connectivity index (χ2n) is 13.4. The minimum absolute atomic E-state index is 0.0649. The highest BCUT2D eigenvalue weighted by Gasteiger charge is 2.59. The monoisotopic (exact) mass is 414 g/mol. The van der Waals surface area contributed by atoms with Crippen LogP contribution in [0, 0.1) is 45.8 Å². The van der Waals surface area contributed by atoms with Gasteiger partial charge < -0.3 is 5.11 Å². The standard InChI is InChI=1S/C29H50O/c1-19(2)9-8-10-20(3)22-12-13-23-21-11-14-25-27(4,5)26(30)16-18-29(25,7)24(21)15-17-28(22,23)6/h19-20,22-23,25-26,30H,8-18H2,1-7H3/t20-,22-,23+,25+,26+,28-,29-/m1/s1. The largest absolute Gasteiger partial charge is 0.393 e. The normalized spacial score (nSPS) is 43.9. The first kappa shape index (κ1) is 22.9. The molecule has 0 aromatic carbocycles. The van der Waals surface area contributed by atoms with E-state index >= 15 is 0 Å². The lowest BCUT2D eigenvalue weighted by Gasteiger charge is -2.60. The maximum Gasteiger partial charge on any atom is 0.0594 e. The molecule has 0 radical (unpaired) electrons. The Hall–Kier alpha value is -0.300. The summed E-state index contributed by atoms with van der Waals surface area (Å²) in [6.45, 7) is 17.3. The minimum Gasteiger partial charge on any atom is -0.393 e. The van der Waals surface area contributed by atoms with Crippen LogP contribution in [0.4, 0.5) is 0 Å². The molecule has 0 bridgehead atoms. The Labute approximate surface area is 187 Å². The van der Waals surface area contributed by atoms with Crippen molar-refractivity contribution in [2.24, 2.45) is 45.8 Å². The Morgan fingerprint density at radius 1 is 0.900 bits per heavy atom. The van der Waals surface area contributed by atoms with Crippen molar-refractivity contribution < 1.29 is 5.11 Å². The van der Waals surface area contributed by atoms with E-state index in [1.807, 2.05) is 11.1 Å². The first-order valence-electron chi connectivity index (χ1n) is 13.4. The fourth-order valence-electron chi connectivity index (χ4n) is 9.31. The van der Waals surface area contributed by atoms with Gasteiger partial charge in [0.1, 0.15) is 0 Å². The highest BCUT2D eigenvalue weighted by atomic mass is 16.3. The fourth-order valence-corrected chi connectivity index (χ4v) is 9.31. The van der Waals surface area contributed by atoms with Crippen molar-refractivity contribution in [2.75, 3.05) is 0 Å². The zero-order valence-electron chi connectivity index (χ0n) is 21.2. The lowest BCUT2D eigenvalue weighted by Crippen LogP contribution is -2.53. The van der Waals surface area contributed by atoms with E-state index < -0.39 is 0 Å². The molecular weight excluding hydrogens is 364 g/mol. The van der Waals surface area contributed by atoms with Gasteiger partial charge in [-0.2, -0.15) is 0 Å². The van der Waals surface area contributed by atoms with Crippen molar-refractivity contribution in [3.8, 4) is 0 Å². The minimum atomic E-state index is -0.117. The summed E-state index contributed by atoms with van der Waals surface area (Å²) in [4.78, 5) is 0. The van der Waals surface area contributed by atoms with E-state index in [-0.39, 0.29) is 11.5 Å². The summed E-state index contributed by atoms with van der Waals surface area (Å²) in [5, 5.41) is 10.8. The van der Waals surface area contributed by atoms with E-state index in [1.54, 1.807) is 0 Å². The Kier molecular flexibility index (Phi) is 6.05. The van der Waals surface area contributed by atoms with E-state index in [9.17, 15) is 5.11 Å². The Morgan fingerprint density at radius 3 is 2.33 bits per heavy atom. The molecule has 0 amide bonds. The fraction of sp³-hybridized carbons (Fsp3) is 0.931. The van der Waals surface area contributed by atoms with Crippen molar-refractivity contribution in [2.45, 2.75) is 125 Å². The summed E-state index contributed by atoms with van der Waals surface area (Å²) >= 11 is 0. The highest BCUT2D eigenvalue weighted by Crippen LogP contribution is 2.68. The van der Waals surface area contributed by atoms with Crippen LogP contribution in [0.1, 0.15) is 119 Å². The zero-order chi connectivity index (χ0) is 21.9. The maximum absolute atomic E-state index is 10.8. The molecule has 4 rings (SSSR count). The Bertz CT molecular complexity index is 672. The molecule has 4 aliphatic carbocycles. The number of aliphatic hydroxyl groups is 1. The van der Waals surface area contributed by atoms with Crippen LogP contribution < -0.4 is 0 Å². The third kappa shape index (κ3) is 3.45. The van der Waals surface area contributed by atoms with Gasteiger partial charge in [-0.1, -0.05) is 78.9 Å². The van der Waals surface area contributed by atoms with Gasteiger partial charge >= 0.3 is 0 Å². The second-order valence-corrected chi connectivity index (χ2v) is 13.4. The molecule has 0 aliphatic heterocycles. The smallest absolute Gasteiger partial charge is 0.0594 e. The summed E-state index contributed by atoms with van der Waals surface area (Å²) in [5.41, 5.74) is 4.73. The predicted octanol–water partition coefficient (Wildman–Crippen LogP) is 8.17. The SMILES string of the molecule is CC(C)CCC[C@@H](C)[C@H]1CC[C@H]2C3=C(CC[C@]12C)[C@@]1(C)CC[C@H](O)C(C)(C)[C@@H]1CC3. The lowest BCUT2D eigenvalue weighted by molar-refractivity contribution is -0.0931. The van der Waals surface area contributed by atoms with Gasteiger partial charge in [0.05, 0.1) is 6.10 Å². The molecule has 0 aromatic heterocycles. The maximum atomic E-state index is 10.8. The molecule has 0 heterocycles. The molecule has 1 N–H and O–H groups in total. The van der Waals surface area contributed by atoms with Gasteiger partial charge in [0.25, 0.3) is 0 Å². The van der Waals surface area contributed by atoms with E-state index in [0.717, 1.165) is 30.1 Å². The first-order valence-corrected chi connectivity index (χ1v) is 13.4. The molecule has 0 saturated heterocycles. The summed E-state index contributed by atoms with van der Waals surface area (Å²) in [6, 6.07) is 0. The quantitative estimate of drug-likeness (QED) is 0.450. The van der Waals surface area contributed by atoms with Crippen molar-refractivity contribution in [1.82, 2.24) is 0 Å². The molecule has 2 saturated carbocycles. The summed E-state index contributed by atoms with van der Waals surface area (Å²) in [7, 11) is 0. The Morgan fingerprint density at radius 2 is 1.63 bits per heavy atom. The average Bonchev–Trinajstić information content (AvgIpc) is 3.02. The molecule has 172 valence electrons. The van der Waals surface area contributed by atoms with Gasteiger partial charge in [0.2, 0.25) is 0 Å². The molecule has 30 heavy (non-hydrogen) atoms. The van der Waals surface area contributed by atoms with E-state index in [2.05, 4.69) is 48.5 Å². The topological polar surface area (TPSA) is 20.2 Å². The Balaban J connectivity index is 1.57. The number of rotatable bonds is 5. The van der Waals surface area contributed by atoms with Crippen LogP contribution in [0.25, 0.3) is 0 Å². The highest BCUT2D eigenvalue weighted by molar-refractivity contribution is 5.35. The predicted molar refractivity (Wildman–Crippen MR) is 128 cm³/mol. The molecule has 1 heteroatoms. The van der Waals surface area contributed by atoms with Crippen molar-refractivity contribution in [3.63, 3.8) is 0 Å². The van der Waals surface area contributed by atoms with Crippen LogP contribution in [-0.2, 0) is 0 Å². The second kappa shape index (κ2) is 7.93. The third-order valence-electron chi connectivity index (χ3n) is 11.1. The first-order chi connectivity index (χ1) is 14.0. The molecular formula is C29H50O. The molecule has 0 unspecified atom stereocenters. The summed E-state index contributed by atoms with van der Waals surface area (Å²) in [6.07, 6.45) is 14.6. The van der Waals surface area contributed by atoms with Gasteiger partial charge in [-0.15, -0.1) is 0 Å². The van der Waals surface area contributed by atoms with E-state index in [1.165, 1.54) is 64.2 Å². The molecule has 1 nitrogen and oxygen atoms in total. The third-order valence-corrected chi connectivity index (χ3v) is 11.1. The van der Waals surface area contributed by atoms with Crippen molar-refractivity contribution >= 4 is 0 Å². The zero-order valence-corrected chi connectivity index (χ0v) is 21.2. The van der Waals surface area contributed by atoms with Crippen molar-refractivity contribution in [3.05, 3.63) is 11.1 Å². The molecule has 4 aliphatic rings. The van der Waals surface area contributed by atoms with E-state index in [4.69, 9.17) is 0 Å². The van der Waals surface area contributed by atoms with Gasteiger partial charge in [0.15, 0.2) is 0 Å². The van der Waals surface area contributed by atoms with Gasteiger partial charge in [0, 0.05) is 0 Å². The number of hydrogen-bond donors (Lipinski definition) is 1. The van der Waals surface area contributed by atoms with Gasteiger partial charge in [-0.05, 0) is 97.2 Å². The summed E-state index contributed by atoms with van der Waals surface area (Å²) < 4.78 is 0. The van der Waals surface area contributed by atoms with Crippen LogP contribution in [0.3, 0.4) is 0 Å². The molecule has 2 fully saturated rings. The van der Waals surface area contributed by atoms with Crippen LogP contribution in [0.15, 0.2) is 11.1 Å². The molecule has 7 atom stereocenters. The van der Waals surface area contributed by atoms with Gasteiger partial charge in [-0.25, -0.2) is 0 Å². The van der Waals surface area contributed by atoms with E-state index in [0.29, 0.717) is 16.7 Å². The van der Waals surface area contributed by atoms with Crippen LogP contribution >= 0.6 is 0 Å². The number of allylic oxidation sites excluding steroid dienone is 2. The summed E-state index contributed by atoms with van der Waals surface area (Å²) in [5.74, 6) is 4.17.